The molecule has 62 valence electrons. The van der Waals surface area contributed by atoms with E-state index in [2.05, 4.69) is 0 Å². The normalized spacial score (nSPS) is 26.3. The van der Waals surface area contributed by atoms with Gasteiger partial charge in [-0.3, -0.25) is 9.59 Å². The van der Waals surface area contributed by atoms with Crippen molar-refractivity contribution in [3.05, 3.63) is 36.5 Å². The minimum Gasteiger partial charge on any atom is -0.295 e. The number of ketones is 2. The van der Waals surface area contributed by atoms with Crippen LogP contribution in [0.3, 0.4) is 0 Å². The second-order valence-electron chi connectivity index (χ2n) is 2.54. The standard InChI is InChI=1S/C10H10O2/c11-9-5-3-1-2-4-6-10(12)8-7-9/h1-6H,7-8H2/b2-1-,5-3+,6-4+. The molecule has 0 spiro atoms. The van der Waals surface area contributed by atoms with Gasteiger partial charge in [-0.25, -0.2) is 0 Å². The molecule has 0 radical (unpaired) electrons. The average molecular weight is 162 g/mol. The van der Waals surface area contributed by atoms with E-state index in [4.69, 9.17) is 0 Å². The van der Waals surface area contributed by atoms with Gasteiger partial charge >= 0.3 is 0 Å². The van der Waals surface area contributed by atoms with Gasteiger partial charge in [0.1, 0.15) is 0 Å². The van der Waals surface area contributed by atoms with Crippen molar-refractivity contribution in [1.82, 2.24) is 0 Å². The van der Waals surface area contributed by atoms with Gasteiger partial charge in [0.25, 0.3) is 0 Å². The molecule has 1 aliphatic carbocycles. The van der Waals surface area contributed by atoms with Crippen molar-refractivity contribution in [2.45, 2.75) is 12.8 Å². The zero-order valence-corrected chi connectivity index (χ0v) is 6.69. The zero-order valence-electron chi connectivity index (χ0n) is 6.69. The van der Waals surface area contributed by atoms with Crippen molar-refractivity contribution < 1.29 is 9.59 Å². The second-order valence-corrected chi connectivity index (χ2v) is 2.54. The van der Waals surface area contributed by atoms with Crippen LogP contribution in [0.4, 0.5) is 0 Å². The molecule has 0 heterocycles. The summed E-state index contributed by atoms with van der Waals surface area (Å²) in [6, 6.07) is 0. The van der Waals surface area contributed by atoms with Gasteiger partial charge in [-0.2, -0.15) is 0 Å². The molecule has 0 unspecified atom stereocenters. The molecule has 0 aromatic carbocycles. The molecule has 1 aliphatic rings. The third-order valence-corrected chi connectivity index (χ3v) is 1.52. The molecule has 0 N–H and O–H groups in total. The molecule has 0 saturated heterocycles. The molecule has 0 bridgehead atoms. The highest BCUT2D eigenvalue weighted by Gasteiger charge is 2.01. The lowest BCUT2D eigenvalue weighted by molar-refractivity contribution is -0.119. The van der Waals surface area contributed by atoms with Crippen LogP contribution in [0.25, 0.3) is 0 Å². The Hall–Kier alpha value is -1.44. The van der Waals surface area contributed by atoms with E-state index in [1.54, 1.807) is 24.3 Å². The predicted molar refractivity (Wildman–Crippen MR) is 46.7 cm³/mol. The van der Waals surface area contributed by atoms with Crippen LogP contribution in [0.2, 0.25) is 0 Å². The van der Waals surface area contributed by atoms with Gasteiger partial charge in [-0.05, 0) is 12.2 Å². The third kappa shape index (κ3) is 3.10. The number of hydrogen-bond acceptors (Lipinski definition) is 2. The fraction of sp³-hybridized carbons (Fsp3) is 0.200. The lowest BCUT2D eigenvalue weighted by atomic mass is 10.1. The first-order valence-electron chi connectivity index (χ1n) is 3.86. The Kier molecular flexibility index (Phi) is 3.20. The molecule has 12 heavy (non-hydrogen) atoms. The Morgan fingerprint density at radius 3 is 1.58 bits per heavy atom. The first-order valence-corrected chi connectivity index (χ1v) is 3.86. The summed E-state index contributed by atoms with van der Waals surface area (Å²) in [6.07, 6.45) is 10.4. The number of carbonyl (C=O) groups excluding carboxylic acids is 2. The maximum atomic E-state index is 10.9. The maximum absolute atomic E-state index is 10.9. The van der Waals surface area contributed by atoms with Gasteiger partial charge in [0.15, 0.2) is 11.6 Å². The summed E-state index contributed by atoms with van der Waals surface area (Å²) in [7, 11) is 0. The summed E-state index contributed by atoms with van der Waals surface area (Å²) in [5.74, 6) is 0.00611. The topological polar surface area (TPSA) is 34.1 Å². The fourth-order valence-corrected chi connectivity index (χ4v) is 0.867. The van der Waals surface area contributed by atoms with Crippen LogP contribution < -0.4 is 0 Å². The van der Waals surface area contributed by atoms with E-state index >= 15 is 0 Å². The van der Waals surface area contributed by atoms with Crippen molar-refractivity contribution in [2.24, 2.45) is 0 Å². The van der Waals surface area contributed by atoms with Crippen molar-refractivity contribution in [2.75, 3.05) is 0 Å². The molecule has 2 nitrogen and oxygen atoms in total. The van der Waals surface area contributed by atoms with Crippen molar-refractivity contribution in [3.8, 4) is 0 Å². The zero-order chi connectivity index (χ0) is 8.81. The predicted octanol–water partition coefficient (Wildman–Crippen LogP) is 1.59. The monoisotopic (exact) mass is 162 g/mol. The molecule has 0 aromatic rings. The number of carbonyl (C=O) groups is 2. The highest BCUT2D eigenvalue weighted by molar-refractivity contribution is 5.96. The van der Waals surface area contributed by atoms with Crippen molar-refractivity contribution >= 4 is 11.6 Å². The van der Waals surface area contributed by atoms with E-state index in [0.717, 1.165) is 0 Å². The van der Waals surface area contributed by atoms with Crippen molar-refractivity contribution in [1.29, 1.82) is 0 Å². The highest BCUT2D eigenvalue weighted by Crippen LogP contribution is 1.97. The molecule has 1 rings (SSSR count). The molecular formula is C10H10O2. The van der Waals surface area contributed by atoms with Crippen LogP contribution in [0.1, 0.15) is 12.8 Å². The number of allylic oxidation sites excluding steroid dienone is 6. The maximum Gasteiger partial charge on any atom is 0.156 e. The van der Waals surface area contributed by atoms with Gasteiger partial charge in [0, 0.05) is 12.8 Å². The largest absolute Gasteiger partial charge is 0.295 e. The molecule has 0 fully saturated rings. The summed E-state index contributed by atoms with van der Waals surface area (Å²) in [6.45, 7) is 0. The number of hydrogen-bond donors (Lipinski definition) is 0. The van der Waals surface area contributed by atoms with Crippen LogP contribution in [-0.2, 0) is 9.59 Å². The number of rotatable bonds is 0. The first-order chi connectivity index (χ1) is 5.79. The molecule has 0 aromatic heterocycles. The molecule has 0 aliphatic heterocycles. The van der Waals surface area contributed by atoms with Gasteiger partial charge in [-0.15, -0.1) is 0 Å². The Morgan fingerprint density at radius 2 is 1.17 bits per heavy atom. The summed E-state index contributed by atoms with van der Waals surface area (Å²) >= 11 is 0. The SMILES string of the molecule is O=C1/C=C/C=C\C=C\C(=O)CC1. The fourth-order valence-electron chi connectivity index (χ4n) is 0.867. The van der Waals surface area contributed by atoms with Crippen molar-refractivity contribution in [3.63, 3.8) is 0 Å². The first kappa shape index (κ1) is 8.65. The Balaban J connectivity index is 2.70. The van der Waals surface area contributed by atoms with Gasteiger partial charge in [0.05, 0.1) is 0 Å². The summed E-state index contributed by atoms with van der Waals surface area (Å²) in [4.78, 5) is 21.9. The minimum absolute atomic E-state index is 0.00306. The molecule has 0 atom stereocenters. The molecule has 0 amide bonds. The Bertz CT molecular complexity index is 242. The Labute approximate surface area is 71.3 Å². The van der Waals surface area contributed by atoms with Crippen LogP contribution >= 0.6 is 0 Å². The lowest BCUT2D eigenvalue weighted by Gasteiger charge is -1.92. The van der Waals surface area contributed by atoms with Gasteiger partial charge in [-0.1, -0.05) is 24.3 Å². The van der Waals surface area contributed by atoms with E-state index in [0.29, 0.717) is 12.8 Å². The van der Waals surface area contributed by atoms with Crippen LogP contribution in [0.15, 0.2) is 36.5 Å². The smallest absolute Gasteiger partial charge is 0.156 e. The van der Waals surface area contributed by atoms with E-state index in [9.17, 15) is 9.59 Å². The molecular weight excluding hydrogens is 152 g/mol. The van der Waals surface area contributed by atoms with Crippen LogP contribution in [-0.4, -0.2) is 11.6 Å². The Morgan fingerprint density at radius 1 is 0.750 bits per heavy atom. The third-order valence-electron chi connectivity index (χ3n) is 1.52. The minimum atomic E-state index is 0.00306. The summed E-state index contributed by atoms with van der Waals surface area (Å²) in [5.41, 5.74) is 0. The van der Waals surface area contributed by atoms with Gasteiger partial charge < -0.3 is 0 Å². The average Bonchev–Trinajstić information content (AvgIpc) is 2.07. The van der Waals surface area contributed by atoms with Crippen LogP contribution in [0, 0.1) is 0 Å². The lowest BCUT2D eigenvalue weighted by Crippen LogP contribution is -1.99. The quantitative estimate of drug-likeness (QED) is 0.542. The summed E-state index contributed by atoms with van der Waals surface area (Å²) < 4.78 is 0. The van der Waals surface area contributed by atoms with Gasteiger partial charge in [0.2, 0.25) is 0 Å². The summed E-state index contributed by atoms with van der Waals surface area (Å²) in [5, 5.41) is 0. The highest BCUT2D eigenvalue weighted by atomic mass is 16.1. The van der Waals surface area contributed by atoms with E-state index < -0.39 is 0 Å². The van der Waals surface area contributed by atoms with E-state index in [1.165, 1.54) is 12.2 Å². The van der Waals surface area contributed by atoms with E-state index in [-0.39, 0.29) is 11.6 Å². The second kappa shape index (κ2) is 4.44. The molecule has 2 heteroatoms. The van der Waals surface area contributed by atoms with Crippen LogP contribution in [0.5, 0.6) is 0 Å². The molecule has 0 saturated carbocycles. The van der Waals surface area contributed by atoms with E-state index in [1.807, 2.05) is 0 Å².